The molecule has 112 valence electrons. The molecule has 0 saturated carbocycles. The maximum absolute atomic E-state index is 13.0. The van der Waals surface area contributed by atoms with Crippen LogP contribution in [-0.2, 0) is 10.0 Å². The number of anilines is 2. The van der Waals surface area contributed by atoms with Crippen molar-refractivity contribution >= 4 is 53.4 Å². The van der Waals surface area contributed by atoms with E-state index in [1.807, 2.05) is 0 Å². The fourth-order valence-corrected chi connectivity index (χ4v) is 3.92. The van der Waals surface area contributed by atoms with Crippen molar-refractivity contribution in [3.05, 3.63) is 45.2 Å². The standard InChI is InChI=1S/C12H10Br2FN3O2S/c1-16-12-11(4-7(13)6-17-12)21(19,20)18-10-3-2-8(15)5-9(10)14/h2-6,18H,1H3,(H,16,17). The Labute approximate surface area is 138 Å². The summed E-state index contributed by atoms with van der Waals surface area (Å²) in [7, 11) is -2.30. The first-order chi connectivity index (χ1) is 9.83. The van der Waals surface area contributed by atoms with Gasteiger partial charge in [-0.3, -0.25) is 4.72 Å². The van der Waals surface area contributed by atoms with E-state index < -0.39 is 15.8 Å². The van der Waals surface area contributed by atoms with Crippen LogP contribution in [-0.4, -0.2) is 20.4 Å². The highest BCUT2D eigenvalue weighted by Gasteiger charge is 2.21. The van der Waals surface area contributed by atoms with E-state index in [0.29, 0.717) is 8.95 Å². The molecule has 5 nitrogen and oxygen atoms in total. The van der Waals surface area contributed by atoms with Gasteiger partial charge in [0.1, 0.15) is 16.5 Å². The summed E-state index contributed by atoms with van der Waals surface area (Å²) in [5.41, 5.74) is 0.235. The van der Waals surface area contributed by atoms with Gasteiger partial charge in [0.05, 0.1) is 5.69 Å². The van der Waals surface area contributed by atoms with E-state index in [0.717, 1.165) is 0 Å². The number of pyridine rings is 1. The van der Waals surface area contributed by atoms with Gasteiger partial charge in [-0.05, 0) is 56.1 Å². The molecular weight excluding hydrogens is 429 g/mol. The first-order valence-corrected chi connectivity index (χ1v) is 8.71. The molecule has 2 aromatic rings. The SMILES string of the molecule is CNc1ncc(Br)cc1S(=O)(=O)Nc1ccc(F)cc1Br. The third-order valence-corrected chi connectivity index (χ3v) is 4.99. The second-order valence-electron chi connectivity index (χ2n) is 3.98. The van der Waals surface area contributed by atoms with E-state index in [9.17, 15) is 12.8 Å². The van der Waals surface area contributed by atoms with Gasteiger partial charge in [-0.25, -0.2) is 17.8 Å². The van der Waals surface area contributed by atoms with E-state index in [2.05, 4.69) is 46.9 Å². The van der Waals surface area contributed by atoms with Gasteiger partial charge in [0.25, 0.3) is 10.0 Å². The van der Waals surface area contributed by atoms with Crippen LogP contribution < -0.4 is 10.0 Å². The molecule has 0 amide bonds. The predicted octanol–water partition coefficient (Wildman–Crippen LogP) is 3.59. The Balaban J connectivity index is 2.45. The molecule has 0 unspecified atom stereocenters. The minimum atomic E-state index is -3.87. The Morgan fingerprint density at radius 1 is 1.24 bits per heavy atom. The molecule has 0 atom stereocenters. The quantitative estimate of drug-likeness (QED) is 0.765. The second kappa shape index (κ2) is 6.29. The minimum Gasteiger partial charge on any atom is -0.372 e. The first-order valence-electron chi connectivity index (χ1n) is 5.64. The Morgan fingerprint density at radius 3 is 2.57 bits per heavy atom. The number of benzene rings is 1. The highest BCUT2D eigenvalue weighted by molar-refractivity contribution is 9.10. The van der Waals surface area contributed by atoms with Crippen molar-refractivity contribution in [1.82, 2.24) is 4.98 Å². The molecular formula is C12H10Br2FN3O2S. The molecule has 0 aliphatic rings. The molecule has 2 rings (SSSR count). The van der Waals surface area contributed by atoms with Crippen molar-refractivity contribution in [2.75, 3.05) is 17.1 Å². The third-order valence-electron chi connectivity index (χ3n) is 2.52. The largest absolute Gasteiger partial charge is 0.372 e. The summed E-state index contributed by atoms with van der Waals surface area (Å²) in [6.07, 6.45) is 1.48. The second-order valence-corrected chi connectivity index (χ2v) is 7.40. The van der Waals surface area contributed by atoms with Gasteiger partial charge < -0.3 is 5.32 Å². The van der Waals surface area contributed by atoms with Gasteiger partial charge in [0.15, 0.2) is 0 Å². The maximum atomic E-state index is 13.0. The molecule has 1 aromatic carbocycles. The lowest BCUT2D eigenvalue weighted by Crippen LogP contribution is -2.16. The summed E-state index contributed by atoms with van der Waals surface area (Å²) in [5.74, 6) is -0.256. The summed E-state index contributed by atoms with van der Waals surface area (Å²) in [6.45, 7) is 0. The van der Waals surface area contributed by atoms with Crippen LogP contribution >= 0.6 is 31.9 Å². The molecule has 2 N–H and O–H groups in total. The zero-order chi connectivity index (χ0) is 15.6. The molecule has 1 aromatic heterocycles. The fraction of sp³-hybridized carbons (Fsp3) is 0.0833. The van der Waals surface area contributed by atoms with Crippen molar-refractivity contribution in [3.63, 3.8) is 0 Å². The van der Waals surface area contributed by atoms with Gasteiger partial charge in [-0.1, -0.05) is 0 Å². The van der Waals surface area contributed by atoms with Crippen LogP contribution in [0.25, 0.3) is 0 Å². The van der Waals surface area contributed by atoms with Gasteiger partial charge >= 0.3 is 0 Å². The van der Waals surface area contributed by atoms with Crippen molar-refractivity contribution in [1.29, 1.82) is 0 Å². The number of hydrogen-bond acceptors (Lipinski definition) is 4. The topological polar surface area (TPSA) is 71.1 Å². The molecule has 0 fully saturated rings. The number of sulfonamides is 1. The minimum absolute atomic E-state index is 0.0180. The van der Waals surface area contributed by atoms with Crippen LogP contribution in [0.4, 0.5) is 15.9 Å². The number of rotatable bonds is 4. The first kappa shape index (κ1) is 16.2. The number of halogens is 3. The molecule has 21 heavy (non-hydrogen) atoms. The monoisotopic (exact) mass is 437 g/mol. The number of hydrogen-bond donors (Lipinski definition) is 2. The van der Waals surface area contributed by atoms with Crippen LogP contribution in [0.2, 0.25) is 0 Å². The Morgan fingerprint density at radius 2 is 1.95 bits per heavy atom. The molecule has 1 heterocycles. The van der Waals surface area contributed by atoms with Crippen molar-refractivity contribution in [2.45, 2.75) is 4.90 Å². The molecule has 0 saturated heterocycles. The van der Waals surface area contributed by atoms with Gasteiger partial charge in [0.2, 0.25) is 0 Å². The zero-order valence-electron chi connectivity index (χ0n) is 10.7. The van der Waals surface area contributed by atoms with Gasteiger partial charge in [-0.2, -0.15) is 0 Å². The smallest absolute Gasteiger partial charge is 0.265 e. The van der Waals surface area contributed by atoms with Crippen LogP contribution in [0, 0.1) is 5.82 Å². The Bertz CT molecular complexity index is 784. The summed E-state index contributed by atoms with van der Waals surface area (Å²) in [6, 6.07) is 5.11. The molecule has 0 aliphatic heterocycles. The maximum Gasteiger partial charge on any atom is 0.265 e. The highest BCUT2D eigenvalue weighted by Crippen LogP contribution is 2.28. The lowest BCUT2D eigenvalue weighted by molar-refractivity contribution is 0.601. The molecule has 0 radical (unpaired) electrons. The summed E-state index contributed by atoms with van der Waals surface area (Å²) in [4.78, 5) is 3.97. The average Bonchev–Trinajstić information content (AvgIpc) is 2.42. The number of nitrogens with zero attached hydrogens (tertiary/aromatic N) is 1. The van der Waals surface area contributed by atoms with Crippen LogP contribution in [0.1, 0.15) is 0 Å². The normalized spacial score (nSPS) is 11.2. The third kappa shape index (κ3) is 3.72. The van der Waals surface area contributed by atoms with E-state index >= 15 is 0 Å². The molecule has 0 spiro atoms. The van der Waals surface area contributed by atoms with Crippen LogP contribution in [0.5, 0.6) is 0 Å². The van der Waals surface area contributed by atoms with Crippen molar-refractivity contribution in [3.8, 4) is 0 Å². The number of nitrogens with one attached hydrogen (secondary N) is 2. The summed E-state index contributed by atoms with van der Waals surface area (Å²) in [5, 5.41) is 2.72. The Hall–Kier alpha value is -1.19. The fourth-order valence-electron chi connectivity index (χ4n) is 1.59. The van der Waals surface area contributed by atoms with Crippen molar-refractivity contribution in [2.24, 2.45) is 0 Å². The predicted molar refractivity (Wildman–Crippen MR) is 86.4 cm³/mol. The molecule has 0 bridgehead atoms. The highest BCUT2D eigenvalue weighted by atomic mass is 79.9. The van der Waals surface area contributed by atoms with E-state index in [4.69, 9.17) is 0 Å². The van der Waals surface area contributed by atoms with Gasteiger partial charge in [-0.15, -0.1) is 0 Å². The summed E-state index contributed by atoms with van der Waals surface area (Å²) < 4.78 is 41.2. The lowest BCUT2D eigenvalue weighted by Gasteiger charge is -2.12. The molecule has 0 aliphatic carbocycles. The van der Waals surface area contributed by atoms with E-state index in [1.165, 1.54) is 30.5 Å². The van der Waals surface area contributed by atoms with Gasteiger partial charge in [0, 0.05) is 22.2 Å². The van der Waals surface area contributed by atoms with Crippen molar-refractivity contribution < 1.29 is 12.8 Å². The van der Waals surface area contributed by atoms with E-state index in [1.54, 1.807) is 7.05 Å². The molecule has 9 heteroatoms. The zero-order valence-corrected chi connectivity index (χ0v) is 14.7. The van der Waals surface area contributed by atoms with E-state index in [-0.39, 0.29) is 16.4 Å². The average molecular weight is 439 g/mol. The Kier molecular flexibility index (Phi) is 4.84. The summed E-state index contributed by atoms with van der Waals surface area (Å²) >= 11 is 6.30. The lowest BCUT2D eigenvalue weighted by atomic mass is 10.3. The number of aromatic nitrogens is 1. The van der Waals surface area contributed by atoms with Crippen LogP contribution in [0.3, 0.4) is 0 Å². The van der Waals surface area contributed by atoms with Crippen LogP contribution in [0.15, 0.2) is 44.3 Å².